The number of para-hydroxylation sites is 2. The first-order chi connectivity index (χ1) is 10.2. The van der Waals surface area contributed by atoms with Gasteiger partial charge in [0.25, 0.3) is 0 Å². The molecule has 0 aliphatic heterocycles. The number of aliphatic carboxylic acids is 1. The van der Waals surface area contributed by atoms with Gasteiger partial charge in [-0.05, 0) is 12.1 Å². The standard InChI is InChI=1S/C15H13N3O2S/c16-17-15(21-9-14(19)20)18-12-7-3-1-5-10(12)11-6-2-4-8-13(11)18/h1-8H,9,16H2,(H,19,20)/b17-15-. The number of carbonyl (C=O) groups is 1. The third-order valence-electron chi connectivity index (χ3n) is 3.21. The SMILES string of the molecule is N/N=C(\SCC(=O)O)n1c2ccccc2c2ccccc21. The first-order valence-electron chi connectivity index (χ1n) is 6.33. The molecule has 106 valence electrons. The minimum absolute atomic E-state index is 0.0864. The van der Waals surface area contributed by atoms with Gasteiger partial charge in [0.05, 0.1) is 16.8 Å². The highest BCUT2D eigenvalue weighted by Gasteiger charge is 2.15. The summed E-state index contributed by atoms with van der Waals surface area (Å²) < 4.78 is 1.90. The number of carboxylic acid groups (broad SMARTS) is 1. The summed E-state index contributed by atoms with van der Waals surface area (Å²) in [5.41, 5.74) is 1.92. The van der Waals surface area contributed by atoms with Crippen LogP contribution >= 0.6 is 11.8 Å². The maximum atomic E-state index is 10.8. The Morgan fingerprint density at radius 3 is 2.10 bits per heavy atom. The molecule has 0 atom stereocenters. The van der Waals surface area contributed by atoms with Gasteiger partial charge in [-0.15, -0.1) is 0 Å². The lowest BCUT2D eigenvalue weighted by Crippen LogP contribution is -2.13. The van der Waals surface area contributed by atoms with E-state index < -0.39 is 5.97 Å². The molecule has 0 radical (unpaired) electrons. The zero-order chi connectivity index (χ0) is 14.8. The van der Waals surface area contributed by atoms with Gasteiger partial charge in [-0.25, -0.2) is 0 Å². The molecule has 21 heavy (non-hydrogen) atoms. The molecule has 3 aromatic rings. The molecule has 0 unspecified atom stereocenters. The number of rotatable bonds is 2. The zero-order valence-electron chi connectivity index (χ0n) is 11.1. The monoisotopic (exact) mass is 299 g/mol. The van der Waals surface area contributed by atoms with Gasteiger partial charge in [0.1, 0.15) is 0 Å². The topological polar surface area (TPSA) is 80.6 Å². The highest BCUT2D eigenvalue weighted by molar-refractivity contribution is 8.14. The second kappa shape index (κ2) is 5.49. The first-order valence-corrected chi connectivity index (χ1v) is 7.32. The molecule has 0 aliphatic rings. The number of hydrogen-bond acceptors (Lipinski definition) is 4. The lowest BCUT2D eigenvalue weighted by Gasteiger charge is -2.08. The van der Waals surface area contributed by atoms with E-state index in [1.807, 2.05) is 53.1 Å². The summed E-state index contributed by atoms with van der Waals surface area (Å²) in [5, 5.41) is 15.3. The predicted octanol–water partition coefficient (Wildman–Crippen LogP) is 2.69. The third kappa shape index (κ3) is 2.34. The maximum absolute atomic E-state index is 10.8. The van der Waals surface area contributed by atoms with Crippen molar-refractivity contribution in [1.82, 2.24) is 4.57 Å². The lowest BCUT2D eigenvalue weighted by atomic mass is 10.2. The molecule has 3 rings (SSSR count). The van der Waals surface area contributed by atoms with E-state index in [1.165, 1.54) is 0 Å². The van der Waals surface area contributed by atoms with Crippen molar-refractivity contribution in [1.29, 1.82) is 0 Å². The quantitative estimate of drug-likeness (QED) is 0.330. The first kappa shape index (κ1) is 13.5. The van der Waals surface area contributed by atoms with Crippen molar-refractivity contribution in [3.05, 3.63) is 48.5 Å². The second-order valence-corrected chi connectivity index (χ2v) is 5.41. The van der Waals surface area contributed by atoms with E-state index in [0.717, 1.165) is 33.6 Å². The number of nitrogens with zero attached hydrogens (tertiary/aromatic N) is 2. The number of thioether (sulfide) groups is 1. The minimum Gasteiger partial charge on any atom is -0.481 e. The molecule has 0 saturated heterocycles. The molecular formula is C15H13N3O2S. The van der Waals surface area contributed by atoms with E-state index in [2.05, 4.69) is 5.10 Å². The van der Waals surface area contributed by atoms with Gasteiger partial charge in [-0.1, -0.05) is 48.2 Å². The summed E-state index contributed by atoms with van der Waals surface area (Å²) in [5.74, 6) is 4.50. The van der Waals surface area contributed by atoms with Crippen LogP contribution in [0.1, 0.15) is 0 Å². The fraction of sp³-hybridized carbons (Fsp3) is 0.0667. The van der Waals surface area contributed by atoms with Crippen LogP contribution in [-0.4, -0.2) is 26.6 Å². The highest BCUT2D eigenvalue weighted by Crippen LogP contribution is 2.30. The average Bonchev–Trinajstić information content (AvgIpc) is 2.83. The Morgan fingerprint density at radius 1 is 1.10 bits per heavy atom. The molecule has 1 aromatic heterocycles. The summed E-state index contributed by atoms with van der Waals surface area (Å²) in [6.45, 7) is 0. The molecule has 6 heteroatoms. The molecule has 1 heterocycles. The van der Waals surface area contributed by atoms with Gasteiger partial charge < -0.3 is 10.9 Å². The largest absolute Gasteiger partial charge is 0.481 e. The van der Waals surface area contributed by atoms with E-state index in [0.29, 0.717) is 5.17 Å². The Labute approximate surface area is 125 Å². The van der Waals surface area contributed by atoms with Crippen LogP contribution in [0.2, 0.25) is 0 Å². The fourth-order valence-corrected chi connectivity index (χ4v) is 3.07. The molecule has 0 spiro atoms. The predicted molar refractivity (Wildman–Crippen MR) is 86.6 cm³/mol. The van der Waals surface area contributed by atoms with Crippen molar-refractivity contribution >= 4 is 44.7 Å². The van der Waals surface area contributed by atoms with Crippen LogP contribution in [0.5, 0.6) is 0 Å². The molecule has 0 fully saturated rings. The Balaban J connectivity index is 2.26. The Morgan fingerprint density at radius 2 is 1.62 bits per heavy atom. The van der Waals surface area contributed by atoms with Crippen LogP contribution in [-0.2, 0) is 4.79 Å². The number of fused-ring (bicyclic) bond motifs is 3. The van der Waals surface area contributed by atoms with E-state index >= 15 is 0 Å². The smallest absolute Gasteiger partial charge is 0.313 e. The number of aromatic nitrogens is 1. The summed E-state index contributed by atoms with van der Waals surface area (Å²) in [6.07, 6.45) is 0. The Hall–Kier alpha value is -2.47. The summed E-state index contributed by atoms with van der Waals surface area (Å²) >= 11 is 1.11. The van der Waals surface area contributed by atoms with Crippen molar-refractivity contribution < 1.29 is 9.90 Å². The zero-order valence-corrected chi connectivity index (χ0v) is 11.9. The lowest BCUT2D eigenvalue weighted by molar-refractivity contribution is -0.133. The van der Waals surface area contributed by atoms with Gasteiger partial charge in [0.2, 0.25) is 0 Å². The van der Waals surface area contributed by atoms with Gasteiger partial charge in [0, 0.05) is 10.8 Å². The molecule has 0 saturated carbocycles. The molecule has 3 N–H and O–H groups in total. The summed E-state index contributed by atoms with van der Waals surface area (Å²) in [4.78, 5) is 10.8. The molecular weight excluding hydrogens is 286 g/mol. The van der Waals surface area contributed by atoms with Crippen molar-refractivity contribution in [2.24, 2.45) is 10.9 Å². The van der Waals surface area contributed by atoms with Crippen LogP contribution in [0.25, 0.3) is 21.8 Å². The number of hydrogen-bond donors (Lipinski definition) is 2. The minimum atomic E-state index is -0.901. The van der Waals surface area contributed by atoms with Gasteiger partial charge >= 0.3 is 5.97 Å². The number of hydrazone groups is 1. The highest BCUT2D eigenvalue weighted by atomic mass is 32.2. The third-order valence-corrected chi connectivity index (χ3v) is 4.14. The average molecular weight is 299 g/mol. The molecule has 2 aromatic carbocycles. The van der Waals surface area contributed by atoms with Gasteiger partial charge in [-0.3, -0.25) is 9.36 Å². The normalized spacial score (nSPS) is 12.1. The van der Waals surface area contributed by atoms with Crippen LogP contribution in [0.4, 0.5) is 0 Å². The molecule has 0 bridgehead atoms. The second-order valence-electron chi connectivity index (χ2n) is 4.46. The fourth-order valence-electron chi connectivity index (χ4n) is 2.41. The Kier molecular flexibility index (Phi) is 3.53. The van der Waals surface area contributed by atoms with Crippen molar-refractivity contribution in [3.8, 4) is 0 Å². The van der Waals surface area contributed by atoms with E-state index in [9.17, 15) is 4.79 Å². The van der Waals surface area contributed by atoms with Crippen molar-refractivity contribution in [2.75, 3.05) is 5.75 Å². The molecule has 0 amide bonds. The van der Waals surface area contributed by atoms with E-state index in [4.69, 9.17) is 10.9 Å². The van der Waals surface area contributed by atoms with E-state index in [-0.39, 0.29) is 5.75 Å². The molecule has 5 nitrogen and oxygen atoms in total. The van der Waals surface area contributed by atoms with Crippen molar-refractivity contribution in [3.63, 3.8) is 0 Å². The van der Waals surface area contributed by atoms with Crippen LogP contribution in [0.3, 0.4) is 0 Å². The number of benzene rings is 2. The van der Waals surface area contributed by atoms with Crippen LogP contribution in [0.15, 0.2) is 53.6 Å². The van der Waals surface area contributed by atoms with Gasteiger partial charge in [0.15, 0.2) is 5.17 Å². The Bertz CT molecular complexity index is 801. The van der Waals surface area contributed by atoms with Gasteiger partial charge in [-0.2, -0.15) is 5.10 Å². The van der Waals surface area contributed by atoms with Crippen molar-refractivity contribution in [2.45, 2.75) is 0 Å². The number of carboxylic acids is 1. The van der Waals surface area contributed by atoms with E-state index in [1.54, 1.807) is 0 Å². The van der Waals surface area contributed by atoms with Crippen LogP contribution in [0, 0.1) is 0 Å². The summed E-state index contributed by atoms with van der Waals surface area (Å²) in [7, 11) is 0. The summed E-state index contributed by atoms with van der Waals surface area (Å²) in [6, 6.07) is 15.8. The van der Waals surface area contributed by atoms with Crippen LogP contribution < -0.4 is 5.84 Å². The molecule has 0 aliphatic carbocycles. The maximum Gasteiger partial charge on any atom is 0.313 e. The number of nitrogens with two attached hydrogens (primary N) is 1.